The Kier molecular flexibility index (Phi) is 5.66. The number of aromatic amines is 1. The molecule has 0 aliphatic rings. The van der Waals surface area contributed by atoms with Crippen LogP contribution in [0.1, 0.15) is 5.56 Å². The molecule has 2 aromatic heterocycles. The largest absolute Gasteiger partial charge is 1.00 e. The van der Waals surface area contributed by atoms with Crippen LogP contribution in [0.15, 0.2) is 60.8 Å². The molecule has 0 aliphatic carbocycles. The number of H-pyrrole nitrogens is 1. The standard InChI is InChI=1S/C21H21N3O.HI/c1-24-20-6-4-3-5-15(20)7-10-21(24)22-12-11-16-14-23-19-9-8-17(25-2)13-18(16)19;/h3-10,13-14,23H,11-12H2,1-2H3;1H. The Morgan fingerprint density at radius 2 is 1.92 bits per heavy atom. The summed E-state index contributed by atoms with van der Waals surface area (Å²) in [5.74, 6) is 2.01. The second-order valence-corrected chi connectivity index (χ2v) is 6.24. The molecule has 4 nitrogen and oxygen atoms in total. The highest BCUT2D eigenvalue weighted by molar-refractivity contribution is 5.84. The van der Waals surface area contributed by atoms with Crippen LogP contribution in [0, 0.1) is 0 Å². The molecule has 0 atom stereocenters. The number of para-hydroxylation sites is 1. The van der Waals surface area contributed by atoms with Gasteiger partial charge in [0, 0.05) is 35.0 Å². The molecule has 134 valence electrons. The lowest BCUT2D eigenvalue weighted by Crippen LogP contribution is -3.00. The quantitative estimate of drug-likeness (QED) is 0.343. The molecule has 0 amide bonds. The average Bonchev–Trinajstić information content (AvgIpc) is 3.06. The van der Waals surface area contributed by atoms with Gasteiger partial charge in [0.2, 0.25) is 0 Å². The highest BCUT2D eigenvalue weighted by atomic mass is 127. The van der Waals surface area contributed by atoms with Gasteiger partial charge in [0.15, 0.2) is 0 Å². The highest BCUT2D eigenvalue weighted by Crippen LogP contribution is 2.24. The van der Waals surface area contributed by atoms with Crippen molar-refractivity contribution in [2.24, 2.45) is 7.05 Å². The van der Waals surface area contributed by atoms with Crippen LogP contribution in [0.25, 0.3) is 21.8 Å². The SMILES string of the molecule is COc1ccc2[nH]cc(CCNc3ccc4ccccc4[n+]3C)c2c1.[I-]. The van der Waals surface area contributed by atoms with Gasteiger partial charge in [-0.2, -0.15) is 0 Å². The predicted molar refractivity (Wildman–Crippen MR) is 102 cm³/mol. The summed E-state index contributed by atoms with van der Waals surface area (Å²) in [7, 11) is 3.80. The van der Waals surface area contributed by atoms with Crippen LogP contribution in [0.2, 0.25) is 0 Å². The van der Waals surface area contributed by atoms with Gasteiger partial charge in [0.05, 0.1) is 20.7 Å². The fraction of sp³-hybridized carbons (Fsp3) is 0.190. The Balaban J connectivity index is 0.00000196. The smallest absolute Gasteiger partial charge is 0.274 e. The maximum atomic E-state index is 5.34. The fourth-order valence-electron chi connectivity index (χ4n) is 3.34. The van der Waals surface area contributed by atoms with Gasteiger partial charge in [0.25, 0.3) is 5.82 Å². The van der Waals surface area contributed by atoms with E-state index < -0.39 is 0 Å². The molecule has 0 bridgehead atoms. The molecule has 2 heterocycles. The molecule has 2 N–H and O–H groups in total. The molecule has 2 aromatic carbocycles. The monoisotopic (exact) mass is 459 g/mol. The number of methoxy groups -OCH3 is 1. The molecule has 4 aromatic rings. The number of halogens is 1. The second-order valence-electron chi connectivity index (χ2n) is 6.24. The molecule has 0 radical (unpaired) electrons. The van der Waals surface area contributed by atoms with Crippen LogP contribution in [0.5, 0.6) is 5.75 Å². The minimum Gasteiger partial charge on any atom is -1.00 e. The third-order valence-electron chi connectivity index (χ3n) is 4.76. The minimum absolute atomic E-state index is 0. The zero-order valence-corrected chi connectivity index (χ0v) is 17.1. The van der Waals surface area contributed by atoms with Gasteiger partial charge in [-0.25, -0.2) is 4.57 Å². The van der Waals surface area contributed by atoms with Gasteiger partial charge in [-0.15, -0.1) is 0 Å². The number of aromatic nitrogens is 2. The first-order valence-corrected chi connectivity index (χ1v) is 8.52. The van der Waals surface area contributed by atoms with Crippen molar-refractivity contribution in [2.45, 2.75) is 6.42 Å². The third kappa shape index (κ3) is 3.49. The van der Waals surface area contributed by atoms with Gasteiger partial charge < -0.3 is 33.7 Å². The Morgan fingerprint density at radius 3 is 2.77 bits per heavy atom. The fourth-order valence-corrected chi connectivity index (χ4v) is 3.34. The first-order chi connectivity index (χ1) is 12.3. The Hall–Kier alpha value is -2.28. The van der Waals surface area contributed by atoms with E-state index in [1.165, 1.54) is 21.9 Å². The van der Waals surface area contributed by atoms with Crippen LogP contribution >= 0.6 is 0 Å². The number of benzene rings is 2. The van der Waals surface area contributed by atoms with E-state index in [1.54, 1.807) is 7.11 Å². The van der Waals surface area contributed by atoms with E-state index in [9.17, 15) is 0 Å². The van der Waals surface area contributed by atoms with Crippen LogP contribution in [-0.4, -0.2) is 18.6 Å². The number of fused-ring (bicyclic) bond motifs is 2. The first-order valence-electron chi connectivity index (χ1n) is 8.52. The summed E-state index contributed by atoms with van der Waals surface area (Å²) < 4.78 is 7.55. The molecule has 0 saturated carbocycles. The number of rotatable bonds is 5. The molecule has 0 unspecified atom stereocenters. The van der Waals surface area contributed by atoms with E-state index in [4.69, 9.17) is 4.74 Å². The van der Waals surface area contributed by atoms with Gasteiger partial charge in [-0.1, -0.05) is 18.2 Å². The van der Waals surface area contributed by atoms with Crippen molar-refractivity contribution in [1.29, 1.82) is 0 Å². The number of nitrogens with zero attached hydrogens (tertiary/aromatic N) is 1. The molecule has 26 heavy (non-hydrogen) atoms. The van der Waals surface area contributed by atoms with Gasteiger partial charge in [0.1, 0.15) is 11.3 Å². The molecule has 5 heteroatoms. The summed E-state index contributed by atoms with van der Waals surface area (Å²) >= 11 is 0. The number of ether oxygens (including phenoxy) is 1. The predicted octanol–water partition coefficient (Wildman–Crippen LogP) is 0.813. The molecule has 4 rings (SSSR count). The number of aryl methyl sites for hydroxylation is 1. The summed E-state index contributed by atoms with van der Waals surface area (Å²) in [6.07, 6.45) is 3.03. The summed E-state index contributed by atoms with van der Waals surface area (Å²) in [6, 6.07) is 18.9. The van der Waals surface area contributed by atoms with Crippen LogP contribution in [-0.2, 0) is 13.5 Å². The molecule has 0 saturated heterocycles. The van der Waals surface area contributed by atoms with Crippen LogP contribution in [0.3, 0.4) is 0 Å². The van der Waals surface area contributed by atoms with E-state index in [1.807, 2.05) is 6.07 Å². The van der Waals surface area contributed by atoms with Crippen molar-refractivity contribution in [2.75, 3.05) is 19.0 Å². The van der Waals surface area contributed by atoms with Gasteiger partial charge in [-0.3, -0.25) is 5.32 Å². The van der Waals surface area contributed by atoms with Crippen LogP contribution < -0.4 is 38.6 Å². The van der Waals surface area contributed by atoms with Gasteiger partial charge >= 0.3 is 0 Å². The highest BCUT2D eigenvalue weighted by Gasteiger charge is 2.10. The summed E-state index contributed by atoms with van der Waals surface area (Å²) in [6.45, 7) is 0.871. The van der Waals surface area contributed by atoms with Crippen molar-refractivity contribution in [3.63, 3.8) is 0 Å². The topological polar surface area (TPSA) is 40.9 Å². The first kappa shape index (κ1) is 18.5. The Morgan fingerprint density at radius 1 is 1.08 bits per heavy atom. The normalized spacial score (nSPS) is 10.7. The summed E-state index contributed by atoms with van der Waals surface area (Å²) in [5.41, 5.74) is 3.67. The van der Waals surface area contributed by atoms with E-state index in [0.717, 1.165) is 30.0 Å². The van der Waals surface area contributed by atoms with Crippen molar-refractivity contribution < 1.29 is 33.3 Å². The lowest BCUT2D eigenvalue weighted by atomic mass is 10.1. The average molecular weight is 459 g/mol. The maximum Gasteiger partial charge on any atom is 0.274 e. The molecule has 0 aliphatic heterocycles. The Labute approximate surface area is 170 Å². The van der Waals surface area contributed by atoms with Crippen molar-refractivity contribution in [3.8, 4) is 5.75 Å². The Bertz CT molecular complexity index is 1040. The number of anilines is 1. The lowest BCUT2D eigenvalue weighted by Gasteiger charge is -2.06. The zero-order valence-electron chi connectivity index (χ0n) is 14.9. The van der Waals surface area contributed by atoms with Crippen molar-refractivity contribution >= 4 is 27.6 Å². The molecule has 0 spiro atoms. The van der Waals surface area contributed by atoms with Crippen molar-refractivity contribution in [1.82, 2.24) is 4.98 Å². The van der Waals surface area contributed by atoms with Crippen molar-refractivity contribution in [3.05, 3.63) is 66.4 Å². The number of hydrogen-bond acceptors (Lipinski definition) is 2. The summed E-state index contributed by atoms with van der Waals surface area (Å²) in [5, 5.41) is 6.03. The second kappa shape index (κ2) is 7.95. The van der Waals surface area contributed by atoms with E-state index in [-0.39, 0.29) is 24.0 Å². The summed E-state index contributed by atoms with van der Waals surface area (Å²) in [4.78, 5) is 3.34. The number of hydrogen-bond donors (Lipinski definition) is 2. The molecular weight excluding hydrogens is 437 g/mol. The minimum atomic E-state index is 0. The molecular formula is C21H22IN3O. The zero-order chi connectivity index (χ0) is 17.2. The maximum absolute atomic E-state index is 5.34. The number of nitrogens with one attached hydrogen (secondary N) is 2. The van der Waals surface area contributed by atoms with E-state index in [0.29, 0.717) is 0 Å². The van der Waals surface area contributed by atoms with Gasteiger partial charge in [-0.05, 0) is 35.9 Å². The van der Waals surface area contributed by atoms with E-state index >= 15 is 0 Å². The van der Waals surface area contributed by atoms with E-state index in [2.05, 4.69) is 76.6 Å². The number of pyridine rings is 1. The van der Waals surface area contributed by atoms with Crippen LogP contribution in [0.4, 0.5) is 5.82 Å². The lowest BCUT2D eigenvalue weighted by molar-refractivity contribution is -0.630. The third-order valence-corrected chi connectivity index (χ3v) is 4.76. The molecule has 0 fully saturated rings.